The second-order valence-electron chi connectivity index (χ2n) is 5.32. The van der Waals surface area contributed by atoms with Crippen LogP contribution in [0.2, 0.25) is 0 Å². The summed E-state index contributed by atoms with van der Waals surface area (Å²) in [6.45, 7) is 2.36. The Morgan fingerprint density at radius 1 is 1.33 bits per heavy atom. The molecule has 1 spiro atoms. The summed E-state index contributed by atoms with van der Waals surface area (Å²) < 4.78 is 0. The molecule has 1 heteroatoms. The molecular formula is C11H16O. The maximum absolute atomic E-state index is 11.6. The van der Waals surface area contributed by atoms with Gasteiger partial charge in [-0.3, -0.25) is 4.79 Å². The van der Waals surface area contributed by atoms with Gasteiger partial charge in [0.15, 0.2) is 0 Å². The average Bonchev–Trinajstić information content (AvgIpc) is 2.68. The molecule has 3 fully saturated rings. The summed E-state index contributed by atoms with van der Waals surface area (Å²) in [6, 6.07) is 0. The zero-order chi connectivity index (χ0) is 8.40. The molecule has 1 nitrogen and oxygen atoms in total. The summed E-state index contributed by atoms with van der Waals surface area (Å²) in [5.41, 5.74) is 0.940. The largest absolute Gasteiger partial charge is 0.299 e. The van der Waals surface area contributed by atoms with Gasteiger partial charge in [-0.25, -0.2) is 0 Å². The first-order chi connectivity index (χ1) is 5.68. The predicted octanol–water partition coefficient (Wildman–Crippen LogP) is 2.55. The van der Waals surface area contributed by atoms with E-state index in [4.69, 9.17) is 0 Å². The molecule has 0 bridgehead atoms. The highest BCUT2D eigenvalue weighted by Crippen LogP contribution is 2.75. The first-order valence-corrected chi connectivity index (χ1v) is 5.21. The van der Waals surface area contributed by atoms with Crippen LogP contribution in [0, 0.1) is 16.7 Å². The van der Waals surface area contributed by atoms with E-state index in [9.17, 15) is 4.79 Å². The fourth-order valence-corrected chi connectivity index (χ4v) is 3.95. The van der Waals surface area contributed by atoms with Gasteiger partial charge in [0.2, 0.25) is 0 Å². The average molecular weight is 164 g/mol. The number of hydrogen-bond acceptors (Lipinski definition) is 1. The van der Waals surface area contributed by atoms with Crippen molar-refractivity contribution in [3.05, 3.63) is 0 Å². The van der Waals surface area contributed by atoms with E-state index < -0.39 is 0 Å². The van der Waals surface area contributed by atoms with Crippen molar-refractivity contribution in [1.82, 2.24) is 0 Å². The molecule has 0 saturated heterocycles. The minimum Gasteiger partial charge on any atom is -0.299 e. The summed E-state index contributed by atoms with van der Waals surface area (Å²) in [5.74, 6) is 1.09. The van der Waals surface area contributed by atoms with Crippen LogP contribution in [-0.4, -0.2) is 5.78 Å². The molecule has 3 atom stereocenters. The Balaban J connectivity index is 2.02. The van der Waals surface area contributed by atoms with Gasteiger partial charge in [-0.05, 0) is 30.1 Å². The molecule has 0 aliphatic heterocycles. The normalized spacial score (nSPS) is 56.4. The topological polar surface area (TPSA) is 17.1 Å². The van der Waals surface area contributed by atoms with Crippen molar-refractivity contribution >= 4 is 5.78 Å². The van der Waals surface area contributed by atoms with Crippen molar-refractivity contribution in [3.8, 4) is 0 Å². The van der Waals surface area contributed by atoms with Crippen LogP contribution < -0.4 is 0 Å². The number of Topliss-reactive ketones (excluding diaryl/α,β-unsaturated/α-hetero) is 1. The van der Waals surface area contributed by atoms with Gasteiger partial charge in [-0.15, -0.1) is 0 Å². The Labute approximate surface area is 73.5 Å². The van der Waals surface area contributed by atoms with Gasteiger partial charge in [-0.1, -0.05) is 19.8 Å². The van der Waals surface area contributed by atoms with Crippen LogP contribution in [0.5, 0.6) is 0 Å². The summed E-state index contributed by atoms with van der Waals surface area (Å²) in [7, 11) is 0. The second kappa shape index (κ2) is 1.78. The fourth-order valence-electron chi connectivity index (χ4n) is 3.95. The third-order valence-electron chi connectivity index (χ3n) is 4.83. The molecule has 3 aliphatic carbocycles. The minimum atomic E-state index is 0.424. The standard InChI is InChI=1S/C11H16O/c1-10-4-2-3-5-11(10)6-8(11)9(12)7-10/h8H,2-7H2,1H3/t8-,10-,11-/m0/s1. The highest BCUT2D eigenvalue weighted by molar-refractivity contribution is 5.89. The molecule has 0 unspecified atom stereocenters. The van der Waals surface area contributed by atoms with Gasteiger partial charge < -0.3 is 0 Å². The monoisotopic (exact) mass is 164 g/mol. The second-order valence-corrected chi connectivity index (χ2v) is 5.32. The van der Waals surface area contributed by atoms with Crippen molar-refractivity contribution in [2.24, 2.45) is 16.7 Å². The van der Waals surface area contributed by atoms with Crippen molar-refractivity contribution in [1.29, 1.82) is 0 Å². The van der Waals surface area contributed by atoms with E-state index in [1.807, 2.05) is 0 Å². The van der Waals surface area contributed by atoms with Crippen molar-refractivity contribution in [2.45, 2.75) is 45.4 Å². The quantitative estimate of drug-likeness (QED) is 0.537. The molecule has 3 saturated carbocycles. The molecule has 0 radical (unpaired) electrons. The van der Waals surface area contributed by atoms with Gasteiger partial charge in [0, 0.05) is 12.3 Å². The van der Waals surface area contributed by atoms with Crippen molar-refractivity contribution < 1.29 is 4.79 Å². The first-order valence-electron chi connectivity index (χ1n) is 5.21. The van der Waals surface area contributed by atoms with Gasteiger partial charge in [0.25, 0.3) is 0 Å². The van der Waals surface area contributed by atoms with Gasteiger partial charge in [0.1, 0.15) is 5.78 Å². The van der Waals surface area contributed by atoms with Crippen molar-refractivity contribution in [3.63, 3.8) is 0 Å². The molecule has 0 heterocycles. The third kappa shape index (κ3) is 0.571. The zero-order valence-corrected chi connectivity index (χ0v) is 7.73. The van der Waals surface area contributed by atoms with Crippen LogP contribution in [0.3, 0.4) is 0 Å². The molecule has 0 aromatic rings. The zero-order valence-electron chi connectivity index (χ0n) is 7.73. The molecule has 66 valence electrons. The van der Waals surface area contributed by atoms with Crippen LogP contribution in [0.4, 0.5) is 0 Å². The van der Waals surface area contributed by atoms with E-state index in [-0.39, 0.29) is 0 Å². The van der Waals surface area contributed by atoms with Crippen LogP contribution in [0.15, 0.2) is 0 Å². The van der Waals surface area contributed by atoms with E-state index in [2.05, 4.69) is 6.92 Å². The van der Waals surface area contributed by atoms with Gasteiger partial charge >= 0.3 is 0 Å². The lowest BCUT2D eigenvalue weighted by molar-refractivity contribution is -0.120. The highest BCUT2D eigenvalue weighted by atomic mass is 16.1. The van der Waals surface area contributed by atoms with Crippen LogP contribution >= 0.6 is 0 Å². The molecule has 3 rings (SSSR count). The lowest BCUT2D eigenvalue weighted by atomic mass is 9.65. The summed E-state index contributed by atoms with van der Waals surface area (Å²) in [5, 5.41) is 0. The summed E-state index contributed by atoms with van der Waals surface area (Å²) in [4.78, 5) is 11.6. The number of rotatable bonds is 0. The molecule has 0 N–H and O–H groups in total. The minimum absolute atomic E-state index is 0.424. The maximum atomic E-state index is 11.6. The third-order valence-corrected chi connectivity index (χ3v) is 4.83. The predicted molar refractivity (Wildman–Crippen MR) is 46.7 cm³/mol. The lowest BCUT2D eigenvalue weighted by Gasteiger charge is -2.38. The number of carbonyl (C=O) groups is 1. The van der Waals surface area contributed by atoms with E-state index in [0.29, 0.717) is 22.5 Å². The maximum Gasteiger partial charge on any atom is 0.137 e. The Hall–Kier alpha value is -0.330. The van der Waals surface area contributed by atoms with E-state index >= 15 is 0 Å². The SMILES string of the molecule is C[C@@]12CCCC[C@@]13C[C@H]3C(=O)C2. The Kier molecular flexibility index (Phi) is 1.06. The summed E-state index contributed by atoms with van der Waals surface area (Å²) in [6.07, 6.45) is 7.53. The molecule has 0 aromatic carbocycles. The van der Waals surface area contributed by atoms with Crippen molar-refractivity contribution in [2.75, 3.05) is 0 Å². The van der Waals surface area contributed by atoms with E-state index in [1.54, 1.807) is 0 Å². The first kappa shape index (κ1) is 7.11. The summed E-state index contributed by atoms with van der Waals surface area (Å²) >= 11 is 0. The Bertz CT molecular complexity index is 252. The van der Waals surface area contributed by atoms with Crippen LogP contribution in [-0.2, 0) is 4.79 Å². The lowest BCUT2D eigenvalue weighted by Crippen LogP contribution is -2.30. The molecule has 3 aliphatic rings. The molecule has 12 heavy (non-hydrogen) atoms. The van der Waals surface area contributed by atoms with Crippen LogP contribution in [0.1, 0.15) is 45.4 Å². The molecule has 0 aromatic heterocycles. The molecule has 0 amide bonds. The molecular weight excluding hydrogens is 148 g/mol. The smallest absolute Gasteiger partial charge is 0.137 e. The van der Waals surface area contributed by atoms with E-state index in [1.165, 1.54) is 32.1 Å². The number of carbonyl (C=O) groups excluding carboxylic acids is 1. The van der Waals surface area contributed by atoms with Gasteiger partial charge in [0.05, 0.1) is 0 Å². The fraction of sp³-hybridized carbons (Fsp3) is 0.909. The number of hydrogen-bond donors (Lipinski definition) is 0. The highest BCUT2D eigenvalue weighted by Gasteiger charge is 2.72. The van der Waals surface area contributed by atoms with Gasteiger partial charge in [-0.2, -0.15) is 0 Å². The number of ketones is 1. The Morgan fingerprint density at radius 3 is 2.75 bits per heavy atom. The van der Waals surface area contributed by atoms with E-state index in [0.717, 1.165) is 6.42 Å². The Morgan fingerprint density at radius 2 is 2.08 bits per heavy atom. The van der Waals surface area contributed by atoms with Crippen LogP contribution in [0.25, 0.3) is 0 Å².